The van der Waals surface area contributed by atoms with Gasteiger partial charge in [-0.3, -0.25) is 4.79 Å². The molecule has 0 aliphatic carbocycles. The van der Waals surface area contributed by atoms with Crippen LogP contribution in [-0.2, 0) is 0 Å². The number of methoxy groups -OCH3 is 3. The number of nitrogens with one attached hydrogen (secondary N) is 1. The van der Waals surface area contributed by atoms with Gasteiger partial charge in [0.15, 0.2) is 17.1 Å². The van der Waals surface area contributed by atoms with Crippen LogP contribution in [0, 0.1) is 13.8 Å². The van der Waals surface area contributed by atoms with Gasteiger partial charge in [0, 0.05) is 16.8 Å². The number of rotatable bonds is 6. The van der Waals surface area contributed by atoms with E-state index in [1.807, 2.05) is 26.0 Å². The number of aromatic nitrogens is 1. The van der Waals surface area contributed by atoms with Gasteiger partial charge in [0.2, 0.25) is 11.6 Å². The van der Waals surface area contributed by atoms with Crippen molar-refractivity contribution in [2.75, 3.05) is 26.6 Å². The first kappa shape index (κ1) is 21.2. The zero-order valence-electron chi connectivity index (χ0n) is 18.6. The first-order chi connectivity index (χ1) is 15.4. The van der Waals surface area contributed by atoms with Crippen LogP contribution in [-0.4, -0.2) is 32.2 Å². The molecule has 1 heterocycles. The number of aryl methyl sites for hydroxylation is 2. The molecule has 0 aliphatic heterocycles. The third-order valence-electron chi connectivity index (χ3n) is 5.18. The van der Waals surface area contributed by atoms with Crippen LogP contribution in [0.5, 0.6) is 17.2 Å². The fraction of sp³-hybridized carbons (Fsp3) is 0.200. The molecule has 1 amide bonds. The van der Waals surface area contributed by atoms with Gasteiger partial charge in [-0.15, -0.1) is 0 Å². The van der Waals surface area contributed by atoms with Crippen molar-refractivity contribution in [1.29, 1.82) is 0 Å². The molecule has 164 valence electrons. The summed E-state index contributed by atoms with van der Waals surface area (Å²) in [6, 6.07) is 14.7. The Bertz CT molecular complexity index is 1280. The van der Waals surface area contributed by atoms with Crippen LogP contribution >= 0.6 is 0 Å². The van der Waals surface area contributed by atoms with Crippen molar-refractivity contribution in [3.8, 4) is 28.7 Å². The molecule has 0 unspecified atom stereocenters. The van der Waals surface area contributed by atoms with Gasteiger partial charge < -0.3 is 23.9 Å². The Labute approximate surface area is 185 Å². The molecule has 7 heteroatoms. The number of carbonyl (C=O) groups excluding carboxylic acids is 1. The lowest BCUT2D eigenvalue weighted by Crippen LogP contribution is -2.12. The molecule has 4 aromatic rings. The monoisotopic (exact) mass is 432 g/mol. The van der Waals surface area contributed by atoms with Crippen molar-refractivity contribution in [2.24, 2.45) is 0 Å². The van der Waals surface area contributed by atoms with E-state index in [1.54, 1.807) is 30.3 Å². The van der Waals surface area contributed by atoms with Crippen molar-refractivity contribution in [3.05, 3.63) is 65.2 Å². The van der Waals surface area contributed by atoms with Gasteiger partial charge in [0.25, 0.3) is 5.91 Å². The zero-order valence-corrected chi connectivity index (χ0v) is 18.6. The number of ether oxygens (including phenoxy) is 3. The molecule has 32 heavy (non-hydrogen) atoms. The van der Waals surface area contributed by atoms with Crippen LogP contribution in [0.25, 0.3) is 22.6 Å². The number of carbonyl (C=O) groups is 1. The average Bonchev–Trinajstić information content (AvgIpc) is 3.20. The smallest absolute Gasteiger partial charge is 0.255 e. The molecule has 0 spiro atoms. The van der Waals surface area contributed by atoms with Gasteiger partial charge in [-0.05, 0) is 55.8 Å². The summed E-state index contributed by atoms with van der Waals surface area (Å²) in [5, 5.41) is 2.89. The van der Waals surface area contributed by atoms with Crippen LogP contribution in [0.1, 0.15) is 21.5 Å². The SMILES string of the molecule is COc1cc(C(=O)Nc2ccc3oc(-c4ccc(C)cc4C)nc3c2)cc(OC)c1OC. The van der Waals surface area contributed by atoms with Gasteiger partial charge in [0.1, 0.15) is 5.52 Å². The lowest BCUT2D eigenvalue weighted by molar-refractivity contribution is 0.102. The number of oxazole rings is 1. The lowest BCUT2D eigenvalue weighted by Gasteiger charge is -2.14. The molecule has 0 bridgehead atoms. The highest BCUT2D eigenvalue weighted by molar-refractivity contribution is 6.05. The molecule has 0 atom stereocenters. The average molecular weight is 432 g/mol. The highest BCUT2D eigenvalue weighted by Crippen LogP contribution is 2.38. The van der Waals surface area contributed by atoms with Crippen LogP contribution in [0.3, 0.4) is 0 Å². The Morgan fingerprint density at radius 3 is 2.25 bits per heavy atom. The molecule has 0 radical (unpaired) electrons. The van der Waals surface area contributed by atoms with Gasteiger partial charge in [-0.2, -0.15) is 0 Å². The zero-order chi connectivity index (χ0) is 22.8. The van der Waals surface area contributed by atoms with Gasteiger partial charge in [-0.1, -0.05) is 17.7 Å². The van der Waals surface area contributed by atoms with Crippen molar-refractivity contribution in [3.63, 3.8) is 0 Å². The van der Waals surface area contributed by atoms with E-state index in [9.17, 15) is 4.79 Å². The van der Waals surface area contributed by atoms with E-state index in [0.717, 1.165) is 11.1 Å². The first-order valence-corrected chi connectivity index (χ1v) is 10.0. The fourth-order valence-electron chi connectivity index (χ4n) is 3.59. The second-order valence-electron chi connectivity index (χ2n) is 7.39. The van der Waals surface area contributed by atoms with Crippen LogP contribution in [0.15, 0.2) is 52.9 Å². The van der Waals surface area contributed by atoms with Crippen LogP contribution in [0.4, 0.5) is 5.69 Å². The number of amides is 1. The predicted octanol–water partition coefficient (Wildman–Crippen LogP) is 5.39. The van der Waals surface area contributed by atoms with Crippen molar-refractivity contribution >= 4 is 22.7 Å². The van der Waals surface area contributed by atoms with Crippen molar-refractivity contribution in [1.82, 2.24) is 4.98 Å². The number of anilines is 1. The highest BCUT2D eigenvalue weighted by atomic mass is 16.5. The summed E-state index contributed by atoms with van der Waals surface area (Å²) in [4.78, 5) is 17.5. The minimum absolute atomic E-state index is 0.318. The first-order valence-electron chi connectivity index (χ1n) is 10.0. The van der Waals surface area contributed by atoms with E-state index in [0.29, 0.717) is 45.5 Å². The Morgan fingerprint density at radius 1 is 0.906 bits per heavy atom. The van der Waals surface area contributed by atoms with E-state index in [-0.39, 0.29) is 5.91 Å². The molecular formula is C25H24N2O5. The van der Waals surface area contributed by atoms with E-state index < -0.39 is 0 Å². The summed E-state index contributed by atoms with van der Waals surface area (Å²) < 4.78 is 21.9. The maximum Gasteiger partial charge on any atom is 0.255 e. The van der Waals surface area contributed by atoms with E-state index >= 15 is 0 Å². The molecule has 0 saturated carbocycles. The van der Waals surface area contributed by atoms with Crippen LogP contribution < -0.4 is 19.5 Å². The molecule has 7 nitrogen and oxygen atoms in total. The van der Waals surface area contributed by atoms with E-state index in [1.165, 1.54) is 26.9 Å². The number of hydrogen-bond acceptors (Lipinski definition) is 6. The second kappa shape index (κ2) is 8.63. The highest BCUT2D eigenvalue weighted by Gasteiger charge is 2.18. The summed E-state index contributed by atoms with van der Waals surface area (Å²) >= 11 is 0. The largest absolute Gasteiger partial charge is 0.493 e. The van der Waals surface area contributed by atoms with Gasteiger partial charge in [-0.25, -0.2) is 4.98 Å². The van der Waals surface area contributed by atoms with Crippen molar-refractivity contribution in [2.45, 2.75) is 13.8 Å². The molecule has 0 aliphatic rings. The Kier molecular flexibility index (Phi) is 5.73. The molecule has 4 rings (SSSR count). The molecule has 0 saturated heterocycles. The Balaban J connectivity index is 1.63. The standard InChI is InChI=1S/C25H24N2O5/c1-14-6-8-18(15(2)10-14)25-27-19-13-17(7-9-20(19)32-25)26-24(28)16-11-21(29-3)23(31-5)22(12-16)30-4/h6-13H,1-5H3,(H,26,28). The topological polar surface area (TPSA) is 82.8 Å². The van der Waals surface area contributed by atoms with E-state index in [2.05, 4.69) is 16.4 Å². The maximum absolute atomic E-state index is 12.9. The lowest BCUT2D eigenvalue weighted by atomic mass is 10.1. The number of nitrogens with zero attached hydrogens (tertiary/aromatic N) is 1. The number of benzene rings is 3. The second-order valence-corrected chi connectivity index (χ2v) is 7.39. The van der Waals surface area contributed by atoms with Gasteiger partial charge in [0.05, 0.1) is 21.3 Å². The Hall–Kier alpha value is -4.00. The number of fused-ring (bicyclic) bond motifs is 1. The third-order valence-corrected chi connectivity index (χ3v) is 5.18. The number of hydrogen-bond donors (Lipinski definition) is 1. The summed E-state index contributed by atoms with van der Waals surface area (Å²) in [7, 11) is 4.52. The summed E-state index contributed by atoms with van der Waals surface area (Å²) in [5.74, 6) is 1.46. The normalized spacial score (nSPS) is 10.8. The van der Waals surface area contributed by atoms with Crippen molar-refractivity contribution < 1.29 is 23.4 Å². The minimum Gasteiger partial charge on any atom is -0.493 e. The summed E-state index contributed by atoms with van der Waals surface area (Å²) in [5.41, 5.74) is 5.47. The summed E-state index contributed by atoms with van der Waals surface area (Å²) in [6.07, 6.45) is 0. The molecule has 3 aromatic carbocycles. The van der Waals surface area contributed by atoms with Crippen LogP contribution in [0.2, 0.25) is 0 Å². The maximum atomic E-state index is 12.9. The third kappa shape index (κ3) is 3.97. The quantitative estimate of drug-likeness (QED) is 0.440. The fourth-order valence-corrected chi connectivity index (χ4v) is 3.59. The van der Waals surface area contributed by atoms with Gasteiger partial charge >= 0.3 is 0 Å². The molecule has 1 aromatic heterocycles. The molecule has 0 fully saturated rings. The Morgan fingerprint density at radius 2 is 1.62 bits per heavy atom. The molecule has 1 N–H and O–H groups in total. The molecular weight excluding hydrogens is 408 g/mol. The summed E-state index contributed by atoms with van der Waals surface area (Å²) in [6.45, 7) is 4.08. The minimum atomic E-state index is -0.318. The van der Waals surface area contributed by atoms with E-state index in [4.69, 9.17) is 18.6 Å². The predicted molar refractivity (Wildman–Crippen MR) is 123 cm³/mol.